The highest BCUT2D eigenvalue weighted by molar-refractivity contribution is 4.83. The molecule has 0 aliphatic heterocycles. The molecule has 2 atom stereocenters. The number of hydrogen-bond donors (Lipinski definition) is 1. The van der Waals surface area contributed by atoms with Crippen LogP contribution in [0.15, 0.2) is 0 Å². The Morgan fingerprint density at radius 3 is 2.73 bits per heavy atom. The van der Waals surface area contributed by atoms with Crippen LogP contribution in [-0.2, 0) is 9.47 Å². The molecule has 0 saturated heterocycles. The Morgan fingerprint density at radius 1 is 1.13 bits per heavy atom. The second-order valence-electron chi connectivity index (χ2n) is 4.12. The third-order valence-electron chi connectivity index (χ3n) is 2.83. The summed E-state index contributed by atoms with van der Waals surface area (Å²) in [6, 6.07) is 0.571. The molecule has 0 amide bonds. The highest BCUT2D eigenvalue weighted by Crippen LogP contribution is 2.21. The fourth-order valence-electron chi connectivity index (χ4n) is 2.13. The van der Waals surface area contributed by atoms with E-state index in [1.807, 2.05) is 0 Å². The summed E-state index contributed by atoms with van der Waals surface area (Å²) in [7, 11) is 0. The average molecular weight is 215 g/mol. The summed E-state index contributed by atoms with van der Waals surface area (Å²) in [5.74, 6) is 0. The molecule has 3 heteroatoms. The number of ether oxygens (including phenoxy) is 2. The van der Waals surface area contributed by atoms with Crippen LogP contribution >= 0.6 is 0 Å². The van der Waals surface area contributed by atoms with E-state index in [0.717, 1.165) is 32.8 Å². The van der Waals surface area contributed by atoms with Gasteiger partial charge in [0.1, 0.15) is 0 Å². The summed E-state index contributed by atoms with van der Waals surface area (Å²) in [4.78, 5) is 0. The lowest BCUT2D eigenvalue weighted by Gasteiger charge is -2.20. The van der Waals surface area contributed by atoms with Gasteiger partial charge < -0.3 is 14.8 Å². The quantitative estimate of drug-likeness (QED) is 0.628. The lowest BCUT2D eigenvalue weighted by atomic mass is 10.2. The standard InChI is InChI=1S/C12H25NO2/c1-3-8-14-9-10-15-12-7-5-6-11(12)13-4-2/h11-13H,3-10H2,1-2H3. The minimum atomic E-state index is 0.412. The van der Waals surface area contributed by atoms with E-state index >= 15 is 0 Å². The Labute approximate surface area is 93.5 Å². The van der Waals surface area contributed by atoms with Gasteiger partial charge in [-0.05, 0) is 32.2 Å². The van der Waals surface area contributed by atoms with Crippen LogP contribution in [0.1, 0.15) is 39.5 Å². The van der Waals surface area contributed by atoms with E-state index in [2.05, 4.69) is 19.2 Å². The third-order valence-corrected chi connectivity index (χ3v) is 2.83. The highest BCUT2D eigenvalue weighted by atomic mass is 16.5. The van der Waals surface area contributed by atoms with Gasteiger partial charge >= 0.3 is 0 Å². The fraction of sp³-hybridized carbons (Fsp3) is 1.00. The molecule has 0 spiro atoms. The molecule has 1 N–H and O–H groups in total. The zero-order valence-corrected chi connectivity index (χ0v) is 10.1. The first-order chi connectivity index (χ1) is 7.38. The second kappa shape index (κ2) is 8.08. The lowest BCUT2D eigenvalue weighted by Crippen LogP contribution is -2.37. The first-order valence-corrected chi connectivity index (χ1v) is 6.31. The topological polar surface area (TPSA) is 30.5 Å². The van der Waals surface area contributed by atoms with Crippen molar-refractivity contribution in [2.75, 3.05) is 26.4 Å². The monoisotopic (exact) mass is 215 g/mol. The van der Waals surface area contributed by atoms with Crippen LogP contribution in [0.5, 0.6) is 0 Å². The van der Waals surface area contributed by atoms with Gasteiger partial charge in [-0.15, -0.1) is 0 Å². The number of hydrogen-bond acceptors (Lipinski definition) is 3. The van der Waals surface area contributed by atoms with E-state index < -0.39 is 0 Å². The molecule has 1 fully saturated rings. The van der Waals surface area contributed by atoms with E-state index in [-0.39, 0.29) is 0 Å². The van der Waals surface area contributed by atoms with Gasteiger partial charge in [0.05, 0.1) is 19.3 Å². The smallest absolute Gasteiger partial charge is 0.0729 e. The van der Waals surface area contributed by atoms with Crippen molar-refractivity contribution < 1.29 is 9.47 Å². The average Bonchev–Trinajstić information content (AvgIpc) is 2.66. The Balaban J connectivity index is 2.03. The summed E-state index contributed by atoms with van der Waals surface area (Å²) in [5.41, 5.74) is 0. The normalized spacial score (nSPS) is 26.0. The first-order valence-electron chi connectivity index (χ1n) is 6.31. The molecule has 1 aliphatic carbocycles. The minimum absolute atomic E-state index is 0.412. The predicted octanol–water partition coefficient (Wildman–Crippen LogP) is 1.96. The van der Waals surface area contributed by atoms with Crippen molar-refractivity contribution in [3.05, 3.63) is 0 Å². The van der Waals surface area contributed by atoms with Gasteiger partial charge in [0.2, 0.25) is 0 Å². The molecule has 90 valence electrons. The minimum Gasteiger partial charge on any atom is -0.379 e. The van der Waals surface area contributed by atoms with Crippen molar-refractivity contribution in [1.82, 2.24) is 5.32 Å². The second-order valence-corrected chi connectivity index (χ2v) is 4.12. The van der Waals surface area contributed by atoms with Gasteiger partial charge in [0, 0.05) is 12.6 Å². The largest absolute Gasteiger partial charge is 0.379 e. The molecular weight excluding hydrogens is 190 g/mol. The van der Waals surface area contributed by atoms with Crippen LogP contribution in [0, 0.1) is 0 Å². The zero-order chi connectivity index (χ0) is 10.9. The third kappa shape index (κ3) is 4.96. The van der Waals surface area contributed by atoms with E-state index in [1.54, 1.807) is 0 Å². The predicted molar refractivity (Wildman–Crippen MR) is 62.2 cm³/mol. The first kappa shape index (κ1) is 12.9. The van der Waals surface area contributed by atoms with E-state index in [9.17, 15) is 0 Å². The van der Waals surface area contributed by atoms with Crippen LogP contribution in [-0.4, -0.2) is 38.5 Å². The van der Waals surface area contributed by atoms with Gasteiger partial charge in [-0.25, -0.2) is 0 Å². The maximum absolute atomic E-state index is 5.83. The van der Waals surface area contributed by atoms with Crippen molar-refractivity contribution in [1.29, 1.82) is 0 Å². The van der Waals surface area contributed by atoms with E-state index in [1.165, 1.54) is 19.3 Å². The fourth-order valence-corrected chi connectivity index (χ4v) is 2.13. The van der Waals surface area contributed by atoms with Crippen molar-refractivity contribution >= 4 is 0 Å². The highest BCUT2D eigenvalue weighted by Gasteiger charge is 2.26. The molecule has 0 aromatic carbocycles. The molecule has 0 radical (unpaired) electrons. The van der Waals surface area contributed by atoms with Gasteiger partial charge in [0.15, 0.2) is 0 Å². The molecule has 0 aromatic rings. The molecule has 1 aliphatic rings. The van der Waals surface area contributed by atoms with Crippen LogP contribution in [0.4, 0.5) is 0 Å². The van der Waals surface area contributed by atoms with Gasteiger partial charge in [-0.2, -0.15) is 0 Å². The number of nitrogens with one attached hydrogen (secondary N) is 1. The van der Waals surface area contributed by atoms with Crippen molar-refractivity contribution in [2.45, 2.75) is 51.7 Å². The summed E-state index contributed by atoms with van der Waals surface area (Å²) in [5, 5.41) is 3.48. The maximum atomic E-state index is 5.83. The summed E-state index contributed by atoms with van der Waals surface area (Å²) in [6.45, 7) is 7.65. The Morgan fingerprint density at radius 2 is 2.00 bits per heavy atom. The Bertz CT molecular complexity index is 153. The molecule has 1 saturated carbocycles. The summed E-state index contributed by atoms with van der Waals surface area (Å²) >= 11 is 0. The maximum Gasteiger partial charge on any atom is 0.0729 e. The molecule has 3 nitrogen and oxygen atoms in total. The SMILES string of the molecule is CCCOCCOC1CCCC1NCC. The number of rotatable bonds is 8. The lowest BCUT2D eigenvalue weighted by molar-refractivity contribution is -0.00243. The zero-order valence-electron chi connectivity index (χ0n) is 10.1. The molecule has 0 bridgehead atoms. The van der Waals surface area contributed by atoms with E-state index in [0.29, 0.717) is 12.1 Å². The summed E-state index contributed by atoms with van der Waals surface area (Å²) < 4.78 is 11.2. The van der Waals surface area contributed by atoms with Gasteiger partial charge in [-0.1, -0.05) is 13.8 Å². The Hall–Kier alpha value is -0.120. The van der Waals surface area contributed by atoms with Crippen LogP contribution < -0.4 is 5.32 Å². The van der Waals surface area contributed by atoms with Gasteiger partial charge in [-0.3, -0.25) is 0 Å². The van der Waals surface area contributed by atoms with Crippen molar-refractivity contribution in [2.24, 2.45) is 0 Å². The van der Waals surface area contributed by atoms with Crippen LogP contribution in [0.2, 0.25) is 0 Å². The van der Waals surface area contributed by atoms with E-state index in [4.69, 9.17) is 9.47 Å². The number of likely N-dealkylation sites (N-methyl/N-ethyl adjacent to an activating group) is 1. The van der Waals surface area contributed by atoms with Crippen molar-refractivity contribution in [3.63, 3.8) is 0 Å². The Kier molecular flexibility index (Phi) is 6.98. The summed E-state index contributed by atoms with van der Waals surface area (Å²) in [6.07, 6.45) is 5.25. The molecule has 0 heterocycles. The molecule has 0 aromatic heterocycles. The molecule has 1 rings (SSSR count). The van der Waals surface area contributed by atoms with Crippen molar-refractivity contribution in [3.8, 4) is 0 Å². The molecule has 2 unspecified atom stereocenters. The van der Waals surface area contributed by atoms with Gasteiger partial charge in [0.25, 0.3) is 0 Å². The van der Waals surface area contributed by atoms with Crippen LogP contribution in [0.25, 0.3) is 0 Å². The van der Waals surface area contributed by atoms with Crippen LogP contribution in [0.3, 0.4) is 0 Å². The molecule has 15 heavy (non-hydrogen) atoms. The molecular formula is C12H25NO2.